The molecule has 0 saturated carbocycles. The zero-order chi connectivity index (χ0) is 18.1. The molecule has 0 spiro atoms. The Morgan fingerprint density at radius 1 is 1.33 bits per heavy atom. The standard InChI is InChI=1S/C17H25N3O4/c1-13-11-18(9-10-20(13,16(21)22)17(2,3)4)12-14-5-7-15(8-6-14)19(23)24/h5-8,13H,9-12H2,1-4H3/t13-,20?/m0/s1. The van der Waals surface area contributed by atoms with Crippen LogP contribution in [-0.2, 0) is 6.54 Å². The fraction of sp³-hybridized carbons (Fsp3) is 0.588. The van der Waals surface area contributed by atoms with Gasteiger partial charge in [-0.3, -0.25) is 19.5 Å². The van der Waals surface area contributed by atoms with E-state index in [0.717, 1.165) is 5.56 Å². The Morgan fingerprint density at radius 2 is 1.92 bits per heavy atom. The number of benzene rings is 1. The van der Waals surface area contributed by atoms with Crippen molar-refractivity contribution in [2.75, 3.05) is 19.6 Å². The molecule has 132 valence electrons. The summed E-state index contributed by atoms with van der Waals surface area (Å²) in [5.41, 5.74) is 0.626. The highest BCUT2D eigenvalue weighted by atomic mass is 16.6. The molecule has 1 aliphatic heterocycles. The van der Waals surface area contributed by atoms with Gasteiger partial charge in [0, 0.05) is 25.2 Å². The van der Waals surface area contributed by atoms with Crippen molar-refractivity contribution < 1.29 is 19.3 Å². The monoisotopic (exact) mass is 335 g/mol. The summed E-state index contributed by atoms with van der Waals surface area (Å²) in [6, 6.07) is 6.41. The van der Waals surface area contributed by atoms with Gasteiger partial charge < -0.3 is 9.90 Å². The quantitative estimate of drug-likeness (QED) is 0.477. The van der Waals surface area contributed by atoms with Crippen molar-refractivity contribution in [2.24, 2.45) is 0 Å². The van der Waals surface area contributed by atoms with Gasteiger partial charge >= 0.3 is 0 Å². The number of carbonyl (C=O) groups is 1. The molecule has 1 aromatic rings. The van der Waals surface area contributed by atoms with E-state index in [1.54, 1.807) is 12.1 Å². The largest absolute Gasteiger partial charge is 0.498 e. The van der Waals surface area contributed by atoms with Crippen molar-refractivity contribution in [1.82, 2.24) is 4.90 Å². The van der Waals surface area contributed by atoms with E-state index in [-0.39, 0.29) is 16.2 Å². The lowest BCUT2D eigenvalue weighted by Gasteiger charge is -2.55. The number of piperazine rings is 1. The summed E-state index contributed by atoms with van der Waals surface area (Å²) in [6.07, 6.45) is -1.02. The van der Waals surface area contributed by atoms with E-state index in [9.17, 15) is 20.0 Å². The molecular weight excluding hydrogens is 310 g/mol. The van der Waals surface area contributed by atoms with Crippen LogP contribution in [0.25, 0.3) is 0 Å². The van der Waals surface area contributed by atoms with Gasteiger partial charge in [-0.05, 0) is 33.3 Å². The smallest absolute Gasteiger partial charge is 0.269 e. The number of rotatable bonds is 3. The Kier molecular flexibility index (Phi) is 4.96. The summed E-state index contributed by atoms with van der Waals surface area (Å²) in [6.45, 7) is 10.2. The van der Waals surface area contributed by atoms with E-state index >= 15 is 0 Å². The second-order valence-electron chi connectivity index (χ2n) is 7.54. The van der Waals surface area contributed by atoms with Gasteiger partial charge in [-0.2, -0.15) is 0 Å². The van der Waals surface area contributed by atoms with Gasteiger partial charge in [0.2, 0.25) is 0 Å². The van der Waals surface area contributed by atoms with Crippen molar-refractivity contribution in [2.45, 2.75) is 45.8 Å². The highest BCUT2D eigenvalue weighted by molar-refractivity contribution is 5.55. The third-order valence-electron chi connectivity index (χ3n) is 5.12. The zero-order valence-corrected chi connectivity index (χ0v) is 14.7. The first kappa shape index (κ1) is 18.4. The summed E-state index contributed by atoms with van der Waals surface area (Å²) in [5, 5.41) is 22.6. The number of carbonyl (C=O) groups excluding carboxylic acids is 1. The van der Waals surface area contributed by atoms with Gasteiger partial charge in [0.25, 0.3) is 11.8 Å². The highest BCUT2D eigenvalue weighted by Gasteiger charge is 2.49. The summed E-state index contributed by atoms with van der Waals surface area (Å²) >= 11 is 0. The first-order chi connectivity index (χ1) is 11.1. The first-order valence-corrected chi connectivity index (χ1v) is 8.13. The predicted molar refractivity (Wildman–Crippen MR) is 88.1 cm³/mol. The molecule has 0 radical (unpaired) electrons. The van der Waals surface area contributed by atoms with Crippen LogP contribution >= 0.6 is 0 Å². The molecule has 1 unspecified atom stereocenters. The maximum Gasteiger partial charge on any atom is 0.269 e. The molecule has 0 aliphatic carbocycles. The van der Waals surface area contributed by atoms with Crippen LogP contribution < -0.4 is 5.11 Å². The molecule has 0 N–H and O–H groups in total. The predicted octanol–water partition coefficient (Wildman–Crippen LogP) is 1.76. The van der Waals surface area contributed by atoms with E-state index < -0.39 is 16.6 Å². The van der Waals surface area contributed by atoms with Gasteiger partial charge in [0.1, 0.15) is 6.04 Å². The summed E-state index contributed by atoms with van der Waals surface area (Å²) in [5.74, 6) is 0. The molecule has 1 saturated heterocycles. The number of non-ortho nitro benzene ring substituents is 1. The maximum atomic E-state index is 11.9. The molecule has 24 heavy (non-hydrogen) atoms. The average Bonchev–Trinajstić information content (AvgIpc) is 2.46. The number of nitro benzene ring substituents is 1. The normalized spacial score (nSPS) is 25.4. The number of carboxylic acid groups (broad SMARTS) is 1. The van der Waals surface area contributed by atoms with Crippen LogP contribution in [-0.4, -0.2) is 51.6 Å². The van der Waals surface area contributed by atoms with Crippen molar-refractivity contribution in [3.8, 4) is 0 Å². The van der Waals surface area contributed by atoms with Crippen LogP contribution in [0.2, 0.25) is 0 Å². The molecule has 1 aliphatic rings. The third-order valence-corrected chi connectivity index (χ3v) is 5.12. The van der Waals surface area contributed by atoms with Crippen molar-refractivity contribution >= 4 is 11.8 Å². The van der Waals surface area contributed by atoms with Gasteiger partial charge in [0.05, 0.1) is 23.6 Å². The molecule has 0 aromatic heterocycles. The summed E-state index contributed by atoms with van der Waals surface area (Å²) in [7, 11) is 0. The van der Waals surface area contributed by atoms with E-state index in [4.69, 9.17) is 0 Å². The highest BCUT2D eigenvalue weighted by Crippen LogP contribution is 2.32. The van der Waals surface area contributed by atoms with E-state index in [1.165, 1.54) is 12.1 Å². The zero-order valence-electron chi connectivity index (χ0n) is 14.7. The number of nitro groups is 1. The second kappa shape index (κ2) is 6.49. The molecule has 1 amide bonds. The number of nitrogens with zero attached hydrogens (tertiary/aromatic N) is 3. The molecule has 7 heteroatoms. The van der Waals surface area contributed by atoms with Crippen LogP contribution in [0.5, 0.6) is 0 Å². The van der Waals surface area contributed by atoms with Gasteiger partial charge in [0.15, 0.2) is 0 Å². The molecule has 0 bridgehead atoms. The lowest BCUT2D eigenvalue weighted by molar-refractivity contribution is -0.943. The van der Waals surface area contributed by atoms with Crippen LogP contribution in [0.4, 0.5) is 10.5 Å². The van der Waals surface area contributed by atoms with Crippen molar-refractivity contribution in [3.63, 3.8) is 0 Å². The fourth-order valence-electron chi connectivity index (χ4n) is 3.79. The van der Waals surface area contributed by atoms with Gasteiger partial charge in [-0.25, -0.2) is 0 Å². The number of hydrogen-bond acceptors (Lipinski definition) is 5. The van der Waals surface area contributed by atoms with Crippen molar-refractivity contribution in [1.29, 1.82) is 0 Å². The minimum absolute atomic E-state index is 0.0518. The van der Waals surface area contributed by atoms with Crippen molar-refractivity contribution in [3.05, 3.63) is 39.9 Å². The fourth-order valence-corrected chi connectivity index (χ4v) is 3.79. The van der Waals surface area contributed by atoms with Crippen LogP contribution in [0.3, 0.4) is 0 Å². The molecule has 1 aromatic carbocycles. The summed E-state index contributed by atoms with van der Waals surface area (Å²) in [4.78, 5) is 24.4. The molecule has 2 rings (SSSR count). The van der Waals surface area contributed by atoms with Gasteiger partial charge in [-0.15, -0.1) is 0 Å². The summed E-state index contributed by atoms with van der Waals surface area (Å²) < 4.78 is -0.0518. The van der Waals surface area contributed by atoms with Crippen LogP contribution in [0, 0.1) is 10.1 Å². The molecular formula is C17H25N3O4. The Labute approximate surface area is 142 Å². The van der Waals surface area contributed by atoms with Crippen LogP contribution in [0.1, 0.15) is 33.3 Å². The topological polar surface area (TPSA) is 86.5 Å². The van der Waals surface area contributed by atoms with Gasteiger partial charge in [-0.1, -0.05) is 12.1 Å². The Balaban J connectivity index is 2.10. The minimum atomic E-state index is -1.02. The van der Waals surface area contributed by atoms with Crippen LogP contribution in [0.15, 0.2) is 24.3 Å². The Bertz CT molecular complexity index is 624. The molecule has 2 atom stereocenters. The SMILES string of the molecule is C[C@H]1CN(Cc2ccc([N+](=O)[O-])cc2)CC[N+]1(C(=O)[O-])C(C)(C)C. The van der Waals surface area contributed by atoms with E-state index in [1.807, 2.05) is 27.7 Å². The molecule has 7 nitrogen and oxygen atoms in total. The maximum absolute atomic E-state index is 11.9. The number of hydrogen-bond donors (Lipinski definition) is 0. The number of quaternary nitrogens is 1. The third kappa shape index (κ3) is 3.27. The second-order valence-corrected chi connectivity index (χ2v) is 7.54. The number of amides is 1. The Morgan fingerprint density at radius 3 is 2.33 bits per heavy atom. The molecule has 1 heterocycles. The van der Waals surface area contributed by atoms with E-state index in [0.29, 0.717) is 26.2 Å². The average molecular weight is 335 g/mol. The first-order valence-electron chi connectivity index (χ1n) is 8.13. The Hall–Kier alpha value is -1.99. The van der Waals surface area contributed by atoms with E-state index in [2.05, 4.69) is 4.90 Å². The lowest BCUT2D eigenvalue weighted by Crippen LogP contribution is -2.76. The minimum Gasteiger partial charge on any atom is -0.498 e. The molecule has 1 fully saturated rings. The lowest BCUT2D eigenvalue weighted by atomic mass is 9.95.